The summed E-state index contributed by atoms with van der Waals surface area (Å²) in [6.07, 6.45) is 1.07. The van der Waals surface area contributed by atoms with Gasteiger partial charge in [-0.3, -0.25) is 4.90 Å². The molecule has 2 rings (SSSR count). The minimum Gasteiger partial charge on any atom is -0.387 e. The molecule has 1 aromatic heterocycles. The molecule has 1 aromatic rings. The van der Waals surface area contributed by atoms with Gasteiger partial charge in [0.15, 0.2) is 5.96 Å². The van der Waals surface area contributed by atoms with Crippen LogP contribution in [0.3, 0.4) is 0 Å². The predicted molar refractivity (Wildman–Crippen MR) is 104 cm³/mol. The number of ether oxygens (including phenoxy) is 1. The lowest BCUT2D eigenvalue weighted by molar-refractivity contribution is -0.0201. The van der Waals surface area contributed by atoms with E-state index >= 15 is 0 Å². The lowest BCUT2D eigenvalue weighted by Gasteiger charge is -2.34. The Morgan fingerprint density at radius 2 is 2.00 bits per heavy atom. The molecule has 0 saturated carbocycles. The van der Waals surface area contributed by atoms with E-state index in [1.54, 1.807) is 0 Å². The molecule has 1 unspecified atom stereocenters. The number of aliphatic hydroxyl groups is 1. The molecule has 25 heavy (non-hydrogen) atoms. The van der Waals surface area contributed by atoms with Gasteiger partial charge in [-0.05, 0) is 32.4 Å². The number of nitrogens with one attached hydrogen (secondary N) is 2. The molecule has 0 aromatic carbocycles. The normalized spacial score (nSPS) is 18.8. The molecule has 6 nitrogen and oxygen atoms in total. The third-order valence-electron chi connectivity index (χ3n) is 4.11. The Morgan fingerprint density at radius 3 is 2.64 bits per heavy atom. The molecular formula is C18H32N4O2S. The number of guanidine groups is 1. The van der Waals surface area contributed by atoms with Crippen molar-refractivity contribution in [1.29, 1.82) is 0 Å². The van der Waals surface area contributed by atoms with Crippen molar-refractivity contribution in [2.24, 2.45) is 4.99 Å². The maximum atomic E-state index is 10.7. The predicted octanol–water partition coefficient (Wildman–Crippen LogP) is 1.45. The van der Waals surface area contributed by atoms with Crippen LogP contribution < -0.4 is 10.6 Å². The van der Waals surface area contributed by atoms with Crippen LogP contribution in [-0.2, 0) is 17.7 Å². The number of β-amino-alcohol motifs (C(OH)–C–C–N with tert-alkyl or cyclic N) is 1. The quantitative estimate of drug-likeness (QED) is 0.479. The average molecular weight is 369 g/mol. The number of rotatable bonds is 8. The van der Waals surface area contributed by atoms with Crippen molar-refractivity contribution in [3.63, 3.8) is 0 Å². The zero-order valence-electron chi connectivity index (χ0n) is 15.7. The van der Waals surface area contributed by atoms with E-state index in [0.29, 0.717) is 19.6 Å². The van der Waals surface area contributed by atoms with Gasteiger partial charge in [-0.1, -0.05) is 6.92 Å². The van der Waals surface area contributed by atoms with Crippen LogP contribution in [0.2, 0.25) is 0 Å². The summed E-state index contributed by atoms with van der Waals surface area (Å²) in [6.45, 7) is 11.9. The van der Waals surface area contributed by atoms with E-state index in [-0.39, 0.29) is 0 Å². The molecule has 0 spiro atoms. The van der Waals surface area contributed by atoms with Gasteiger partial charge in [0.1, 0.15) is 0 Å². The van der Waals surface area contributed by atoms with Crippen LogP contribution in [0.4, 0.5) is 0 Å². The highest BCUT2D eigenvalue weighted by Gasteiger charge is 2.25. The van der Waals surface area contributed by atoms with Crippen LogP contribution >= 0.6 is 11.3 Å². The third-order valence-corrected chi connectivity index (χ3v) is 5.32. The van der Waals surface area contributed by atoms with Crippen LogP contribution in [0, 0.1) is 0 Å². The summed E-state index contributed by atoms with van der Waals surface area (Å²) in [6, 6.07) is 4.31. The lowest BCUT2D eigenvalue weighted by atomic mass is 10.1. The summed E-state index contributed by atoms with van der Waals surface area (Å²) >= 11 is 1.81. The third kappa shape index (κ3) is 7.32. The fourth-order valence-electron chi connectivity index (χ4n) is 2.77. The molecular weight excluding hydrogens is 336 g/mol. The first-order chi connectivity index (χ1) is 12.0. The van der Waals surface area contributed by atoms with Crippen LogP contribution in [-0.4, -0.2) is 67.5 Å². The molecule has 1 aliphatic rings. The monoisotopic (exact) mass is 368 g/mol. The van der Waals surface area contributed by atoms with E-state index in [9.17, 15) is 5.11 Å². The van der Waals surface area contributed by atoms with Gasteiger partial charge in [-0.2, -0.15) is 0 Å². The molecule has 0 aliphatic carbocycles. The van der Waals surface area contributed by atoms with E-state index in [2.05, 4.69) is 39.6 Å². The highest BCUT2D eigenvalue weighted by atomic mass is 32.1. The highest BCUT2D eigenvalue weighted by Crippen LogP contribution is 2.17. The molecule has 3 N–H and O–H groups in total. The first kappa shape index (κ1) is 20.2. The Labute approximate surface area is 155 Å². The number of hydrogen-bond acceptors (Lipinski definition) is 5. The number of aliphatic imine (C=N–C) groups is 1. The zero-order chi connectivity index (χ0) is 18.1. The Bertz CT molecular complexity index is 539. The van der Waals surface area contributed by atoms with Gasteiger partial charge in [0.25, 0.3) is 0 Å². The van der Waals surface area contributed by atoms with E-state index in [4.69, 9.17) is 4.74 Å². The van der Waals surface area contributed by atoms with Gasteiger partial charge in [0.05, 0.1) is 25.4 Å². The molecule has 142 valence electrons. The number of morpholine rings is 1. The summed E-state index contributed by atoms with van der Waals surface area (Å²) in [5, 5.41) is 17.2. The summed E-state index contributed by atoms with van der Waals surface area (Å²) in [5.41, 5.74) is -0.814. The van der Waals surface area contributed by atoms with Crippen LogP contribution in [0.1, 0.15) is 30.5 Å². The Balaban J connectivity index is 1.85. The van der Waals surface area contributed by atoms with Gasteiger partial charge in [-0.15, -0.1) is 11.3 Å². The van der Waals surface area contributed by atoms with E-state index in [1.807, 2.05) is 25.2 Å². The Morgan fingerprint density at radius 1 is 1.28 bits per heavy atom. The Hall–Kier alpha value is -1.15. The maximum absolute atomic E-state index is 10.7. The number of aryl methyl sites for hydroxylation is 1. The average Bonchev–Trinajstić information content (AvgIpc) is 3.06. The number of hydrogen-bond donors (Lipinski definition) is 3. The van der Waals surface area contributed by atoms with E-state index in [0.717, 1.165) is 45.2 Å². The summed E-state index contributed by atoms with van der Waals surface area (Å²) in [7, 11) is 0. The first-order valence-corrected chi connectivity index (χ1v) is 9.96. The van der Waals surface area contributed by atoms with Crippen molar-refractivity contribution in [3.8, 4) is 0 Å². The standard InChI is InChI=1S/C18H32N4O2S/c1-4-15-6-7-16(25-15)12-20-17(19-5-2)21-13-18(3,23)14-22-8-10-24-11-9-22/h6-7,23H,4-5,8-14H2,1-3H3,(H2,19,20,21). The lowest BCUT2D eigenvalue weighted by Crippen LogP contribution is -2.52. The molecule has 7 heteroatoms. The highest BCUT2D eigenvalue weighted by molar-refractivity contribution is 7.11. The van der Waals surface area contributed by atoms with Crippen molar-refractivity contribution in [3.05, 3.63) is 21.9 Å². The molecule has 0 amide bonds. The van der Waals surface area contributed by atoms with Gasteiger partial charge >= 0.3 is 0 Å². The smallest absolute Gasteiger partial charge is 0.191 e. The summed E-state index contributed by atoms with van der Waals surface area (Å²) < 4.78 is 5.36. The van der Waals surface area contributed by atoms with Crippen LogP contribution in [0.25, 0.3) is 0 Å². The van der Waals surface area contributed by atoms with Gasteiger partial charge in [0, 0.05) is 42.5 Å². The van der Waals surface area contributed by atoms with E-state index < -0.39 is 5.60 Å². The Kier molecular flexibility index (Phi) is 8.15. The summed E-state index contributed by atoms with van der Waals surface area (Å²) in [5.74, 6) is 0.746. The second kappa shape index (κ2) is 10.1. The van der Waals surface area contributed by atoms with Gasteiger partial charge in [-0.25, -0.2) is 4.99 Å². The number of thiophene rings is 1. The fourth-order valence-corrected chi connectivity index (χ4v) is 3.65. The maximum Gasteiger partial charge on any atom is 0.191 e. The van der Waals surface area contributed by atoms with Crippen molar-refractivity contribution >= 4 is 17.3 Å². The largest absolute Gasteiger partial charge is 0.387 e. The van der Waals surface area contributed by atoms with Crippen LogP contribution in [0.5, 0.6) is 0 Å². The molecule has 1 aliphatic heterocycles. The minimum atomic E-state index is -0.814. The molecule has 0 bridgehead atoms. The van der Waals surface area contributed by atoms with Crippen molar-refractivity contribution < 1.29 is 9.84 Å². The molecule has 0 radical (unpaired) electrons. The van der Waals surface area contributed by atoms with Gasteiger partial charge < -0.3 is 20.5 Å². The topological polar surface area (TPSA) is 69.1 Å². The number of nitrogens with zero attached hydrogens (tertiary/aromatic N) is 2. The molecule has 1 fully saturated rings. The van der Waals surface area contributed by atoms with Crippen molar-refractivity contribution in [2.75, 3.05) is 45.9 Å². The molecule has 1 atom stereocenters. The second-order valence-electron chi connectivity index (χ2n) is 6.66. The van der Waals surface area contributed by atoms with Crippen molar-refractivity contribution in [2.45, 2.75) is 39.3 Å². The minimum absolute atomic E-state index is 0.459. The SMILES string of the molecule is CCNC(=NCc1ccc(CC)s1)NCC(C)(O)CN1CCOCC1. The van der Waals surface area contributed by atoms with Gasteiger partial charge in [0.2, 0.25) is 0 Å². The van der Waals surface area contributed by atoms with Crippen molar-refractivity contribution in [1.82, 2.24) is 15.5 Å². The second-order valence-corrected chi connectivity index (χ2v) is 7.91. The van der Waals surface area contributed by atoms with Crippen LogP contribution in [0.15, 0.2) is 17.1 Å². The first-order valence-electron chi connectivity index (χ1n) is 9.14. The zero-order valence-corrected chi connectivity index (χ0v) is 16.5. The molecule has 1 saturated heterocycles. The fraction of sp³-hybridized carbons (Fsp3) is 0.722. The van der Waals surface area contributed by atoms with E-state index in [1.165, 1.54) is 9.75 Å². The summed E-state index contributed by atoms with van der Waals surface area (Å²) in [4.78, 5) is 9.53. The molecule has 2 heterocycles.